The molecule has 0 radical (unpaired) electrons. The maximum atomic E-state index is 6.25. The molecule has 0 aliphatic heterocycles. The van der Waals surface area contributed by atoms with Crippen molar-refractivity contribution in [1.29, 1.82) is 0 Å². The van der Waals surface area contributed by atoms with Crippen molar-refractivity contribution >= 4 is 37.7 Å². The normalized spacial score (nSPS) is 15.0. The van der Waals surface area contributed by atoms with Crippen molar-refractivity contribution in [2.75, 3.05) is 0 Å². The second kappa shape index (κ2) is 5.21. The molecular weight excluding hydrogens is 526 g/mol. The molecule has 0 saturated heterocycles. The first-order chi connectivity index (χ1) is 9.45. The maximum absolute atomic E-state index is 6.33. The van der Waals surface area contributed by atoms with Gasteiger partial charge in [-0.15, -0.1) is 0 Å². The van der Waals surface area contributed by atoms with Gasteiger partial charge in [0, 0.05) is 0 Å². The minimum atomic E-state index is -6.33. The van der Waals surface area contributed by atoms with Gasteiger partial charge >= 0.3 is 140 Å². The van der Waals surface area contributed by atoms with Crippen LogP contribution in [0.4, 0.5) is 0 Å². The SMILES string of the molecule is Cc1ccc([O][W]([Cl])([Cl])([Cl])([Cl])[O]c2ccc(C)cc2)cc1. The first-order valence-electron chi connectivity index (χ1n) is 6.00. The first kappa shape index (κ1) is 17.2. The fraction of sp³-hybridized carbons (Fsp3) is 0.143. The Labute approximate surface area is 139 Å². The second-order valence-corrected chi connectivity index (χ2v) is 43.7. The Balaban J connectivity index is 2.30. The molecule has 0 heterocycles. The Kier molecular flexibility index (Phi) is 4.28. The third kappa shape index (κ3) is 5.54. The Bertz CT molecular complexity index is 593. The molecule has 2 aromatic rings. The van der Waals surface area contributed by atoms with Crippen molar-refractivity contribution in [3.8, 4) is 11.5 Å². The summed E-state index contributed by atoms with van der Waals surface area (Å²) < 4.78 is 11.0. The number of hydrogen-bond acceptors (Lipinski definition) is 2. The van der Waals surface area contributed by atoms with Crippen LogP contribution in [0, 0.1) is 13.8 Å². The summed E-state index contributed by atoms with van der Waals surface area (Å²) in [4.78, 5) is 0. The number of halogens is 4. The van der Waals surface area contributed by atoms with Crippen molar-refractivity contribution in [2.45, 2.75) is 13.8 Å². The molecular formula is C14H14Cl4O2W. The van der Waals surface area contributed by atoms with E-state index in [4.69, 9.17) is 44.5 Å². The zero-order valence-corrected chi connectivity index (χ0v) is 17.3. The molecule has 21 heavy (non-hydrogen) atoms. The Morgan fingerprint density at radius 1 is 0.619 bits per heavy atom. The molecule has 2 rings (SSSR count). The van der Waals surface area contributed by atoms with E-state index in [1.165, 1.54) is 0 Å². The monoisotopic (exact) mass is 538 g/mol. The third-order valence-electron chi connectivity index (χ3n) is 2.55. The summed E-state index contributed by atoms with van der Waals surface area (Å²) in [5.41, 5.74) is 2.11. The van der Waals surface area contributed by atoms with Crippen LogP contribution >= 0.6 is 37.7 Å². The molecule has 0 aliphatic carbocycles. The van der Waals surface area contributed by atoms with E-state index in [1.54, 1.807) is 24.3 Å². The summed E-state index contributed by atoms with van der Waals surface area (Å²) in [7, 11) is 18.7. The summed E-state index contributed by atoms with van der Waals surface area (Å²) in [5.74, 6) is 0.693. The molecule has 2 nitrogen and oxygen atoms in total. The minimum absolute atomic E-state index is 0.347. The topological polar surface area (TPSA) is 18.5 Å². The van der Waals surface area contributed by atoms with Crippen molar-refractivity contribution in [3.05, 3.63) is 59.7 Å². The molecule has 0 aromatic heterocycles. The fourth-order valence-corrected chi connectivity index (χ4v) is 9.91. The molecule has 0 amide bonds. The van der Waals surface area contributed by atoms with Crippen LogP contribution in [0.1, 0.15) is 11.1 Å². The van der Waals surface area contributed by atoms with Crippen molar-refractivity contribution in [3.63, 3.8) is 0 Å². The van der Waals surface area contributed by atoms with Gasteiger partial charge in [0.25, 0.3) is 0 Å². The predicted octanol–water partition coefficient (Wildman–Crippen LogP) is 6.43. The predicted molar refractivity (Wildman–Crippen MR) is 87.0 cm³/mol. The van der Waals surface area contributed by atoms with Crippen LogP contribution < -0.4 is 6.78 Å². The van der Waals surface area contributed by atoms with Gasteiger partial charge in [0.15, 0.2) is 0 Å². The van der Waals surface area contributed by atoms with Crippen LogP contribution in [0.5, 0.6) is 11.5 Å². The number of aryl methyl sites for hydroxylation is 2. The van der Waals surface area contributed by atoms with Crippen molar-refractivity contribution in [2.24, 2.45) is 0 Å². The first-order valence-corrected chi connectivity index (χ1v) is 22.9. The number of rotatable bonds is 4. The molecule has 0 bridgehead atoms. The molecule has 0 spiro atoms. The van der Waals surface area contributed by atoms with Gasteiger partial charge in [-0.2, -0.15) is 0 Å². The zero-order valence-electron chi connectivity index (χ0n) is 11.4. The molecule has 0 atom stereocenters. The van der Waals surface area contributed by atoms with Crippen molar-refractivity contribution < 1.29 is 16.9 Å². The summed E-state index contributed by atoms with van der Waals surface area (Å²) in [6.07, 6.45) is 0. The number of benzene rings is 2. The fourth-order valence-electron chi connectivity index (χ4n) is 1.57. The van der Waals surface area contributed by atoms with E-state index in [-0.39, 0.29) is 0 Å². The third-order valence-corrected chi connectivity index (χ3v) is 10.4. The average Bonchev–Trinajstić information content (AvgIpc) is 2.33. The molecule has 0 N–H and O–H groups in total. The van der Waals surface area contributed by atoms with E-state index >= 15 is 0 Å². The molecule has 116 valence electrons. The van der Waals surface area contributed by atoms with E-state index in [0.717, 1.165) is 11.1 Å². The quantitative estimate of drug-likeness (QED) is 0.446. The Morgan fingerprint density at radius 3 is 1.19 bits per heavy atom. The summed E-state index contributed by atoms with van der Waals surface area (Å²) >= 11 is 0. The standard InChI is InChI=1S/2C7H8O.4ClH.W/c2*1-6-2-4-7(8)5-3-6;;;;;/h2*2-5,8H,1H3;4*1H;/q;;;;;;+6/p-6. The number of hydrogen-bond donors (Lipinski definition) is 0. The summed E-state index contributed by atoms with van der Waals surface area (Å²) in [5, 5.41) is 0. The van der Waals surface area contributed by atoms with Gasteiger partial charge in [0.2, 0.25) is 0 Å². The van der Waals surface area contributed by atoms with Gasteiger partial charge in [-0.05, 0) is 0 Å². The summed E-state index contributed by atoms with van der Waals surface area (Å²) in [6.45, 7) is 3.88. The van der Waals surface area contributed by atoms with Crippen LogP contribution in [0.25, 0.3) is 0 Å². The summed E-state index contributed by atoms with van der Waals surface area (Å²) in [6, 6.07) is 14.0. The van der Waals surface area contributed by atoms with Crippen LogP contribution in [0.3, 0.4) is 0 Å². The van der Waals surface area contributed by atoms with E-state index in [1.807, 2.05) is 38.1 Å². The van der Waals surface area contributed by atoms with Crippen LogP contribution in [-0.4, -0.2) is 0 Å². The van der Waals surface area contributed by atoms with E-state index in [2.05, 4.69) is 0 Å². The van der Waals surface area contributed by atoms with Gasteiger partial charge < -0.3 is 0 Å². The molecule has 7 heteroatoms. The van der Waals surface area contributed by atoms with Gasteiger partial charge in [-0.3, -0.25) is 0 Å². The van der Waals surface area contributed by atoms with Gasteiger partial charge in [-0.1, -0.05) is 0 Å². The van der Waals surface area contributed by atoms with Gasteiger partial charge in [-0.25, -0.2) is 0 Å². The Hall–Kier alpha value is -0.112. The van der Waals surface area contributed by atoms with Crippen LogP contribution in [0.15, 0.2) is 48.5 Å². The van der Waals surface area contributed by atoms with Crippen molar-refractivity contribution in [1.82, 2.24) is 0 Å². The Morgan fingerprint density at radius 2 is 0.905 bits per heavy atom. The van der Waals surface area contributed by atoms with Gasteiger partial charge in [0.05, 0.1) is 0 Å². The zero-order chi connectivity index (χ0) is 15.8. The molecule has 2 aromatic carbocycles. The van der Waals surface area contributed by atoms with E-state index < -0.39 is 10.2 Å². The molecule has 0 fully saturated rings. The molecule has 0 unspecified atom stereocenters. The van der Waals surface area contributed by atoms with E-state index in [0.29, 0.717) is 11.5 Å². The molecule has 0 saturated carbocycles. The van der Waals surface area contributed by atoms with Gasteiger partial charge in [0.1, 0.15) is 0 Å². The van der Waals surface area contributed by atoms with Crippen LogP contribution in [0.2, 0.25) is 0 Å². The second-order valence-electron chi connectivity index (χ2n) is 4.71. The molecule has 0 aliphatic rings. The average molecular weight is 540 g/mol. The van der Waals surface area contributed by atoms with Crippen LogP contribution in [-0.2, 0) is 10.2 Å². The van der Waals surface area contributed by atoms with E-state index in [9.17, 15) is 0 Å².